The fourth-order valence-corrected chi connectivity index (χ4v) is 3.73. The minimum atomic E-state index is -0.138. The van der Waals surface area contributed by atoms with E-state index in [4.69, 9.17) is 4.74 Å². The van der Waals surface area contributed by atoms with Gasteiger partial charge in [0.2, 0.25) is 5.91 Å². The zero-order valence-electron chi connectivity index (χ0n) is 16.5. The second kappa shape index (κ2) is 8.88. The molecule has 1 unspecified atom stereocenters. The molecule has 1 fully saturated rings. The summed E-state index contributed by atoms with van der Waals surface area (Å²) >= 11 is 0. The van der Waals surface area contributed by atoms with E-state index >= 15 is 0 Å². The van der Waals surface area contributed by atoms with Crippen LogP contribution >= 0.6 is 0 Å². The minimum Gasteiger partial charge on any atom is -0.454 e. The number of anilines is 1. The van der Waals surface area contributed by atoms with Gasteiger partial charge in [-0.15, -0.1) is 0 Å². The number of benzene rings is 2. The van der Waals surface area contributed by atoms with Gasteiger partial charge >= 0.3 is 0 Å². The van der Waals surface area contributed by atoms with Crippen LogP contribution in [0.3, 0.4) is 0 Å². The quantitative estimate of drug-likeness (QED) is 0.661. The van der Waals surface area contributed by atoms with Crippen molar-refractivity contribution < 1.29 is 9.53 Å². The molecule has 2 heterocycles. The Morgan fingerprint density at radius 2 is 1.97 bits per heavy atom. The highest BCUT2D eigenvalue weighted by Gasteiger charge is 2.31. The maximum absolute atomic E-state index is 13.1. The summed E-state index contributed by atoms with van der Waals surface area (Å²) in [4.78, 5) is 19.4. The molecule has 1 saturated heterocycles. The number of amides is 1. The van der Waals surface area contributed by atoms with Gasteiger partial charge in [-0.1, -0.05) is 36.4 Å². The monoisotopic (exact) mass is 387 g/mol. The molecule has 1 N–H and O–H groups in total. The van der Waals surface area contributed by atoms with Crippen LogP contribution in [-0.4, -0.2) is 28.4 Å². The number of hydrogen-bond acceptors (Lipinski definition) is 4. The zero-order valence-corrected chi connectivity index (χ0v) is 16.5. The van der Waals surface area contributed by atoms with Crippen LogP contribution in [-0.2, 0) is 11.3 Å². The summed E-state index contributed by atoms with van der Waals surface area (Å²) < 4.78 is 5.92. The van der Waals surface area contributed by atoms with Crippen LogP contribution in [0.1, 0.15) is 24.0 Å². The summed E-state index contributed by atoms with van der Waals surface area (Å²) in [7, 11) is 0. The average molecular weight is 387 g/mol. The molecule has 1 aliphatic rings. The minimum absolute atomic E-state index is 0.0123. The molecule has 0 saturated carbocycles. The van der Waals surface area contributed by atoms with Crippen molar-refractivity contribution in [2.75, 3.05) is 11.9 Å². The number of para-hydroxylation sites is 2. The molecule has 1 aliphatic heterocycles. The van der Waals surface area contributed by atoms with Gasteiger partial charge in [-0.25, -0.2) is 0 Å². The molecule has 0 bridgehead atoms. The summed E-state index contributed by atoms with van der Waals surface area (Å²) in [6, 6.07) is 19.4. The third-order valence-electron chi connectivity index (χ3n) is 5.31. The van der Waals surface area contributed by atoms with Gasteiger partial charge in [-0.05, 0) is 61.7 Å². The van der Waals surface area contributed by atoms with Crippen molar-refractivity contribution in [3.63, 3.8) is 0 Å². The number of rotatable bonds is 6. The Hall–Kier alpha value is -3.18. The van der Waals surface area contributed by atoms with Gasteiger partial charge in [0.15, 0.2) is 5.75 Å². The van der Waals surface area contributed by atoms with E-state index in [2.05, 4.69) is 40.3 Å². The summed E-state index contributed by atoms with van der Waals surface area (Å²) in [5.74, 6) is 1.26. The van der Waals surface area contributed by atoms with Gasteiger partial charge in [0, 0.05) is 12.7 Å². The molecule has 29 heavy (non-hydrogen) atoms. The molecule has 0 radical (unpaired) electrons. The number of ether oxygens (including phenoxy) is 1. The first-order valence-electron chi connectivity index (χ1n) is 9.97. The predicted molar refractivity (Wildman–Crippen MR) is 114 cm³/mol. The van der Waals surface area contributed by atoms with Crippen molar-refractivity contribution in [3.8, 4) is 11.5 Å². The van der Waals surface area contributed by atoms with Crippen molar-refractivity contribution >= 4 is 11.6 Å². The molecule has 2 aromatic carbocycles. The molecule has 1 aromatic heterocycles. The highest BCUT2D eigenvalue weighted by atomic mass is 16.5. The van der Waals surface area contributed by atoms with Crippen LogP contribution in [0.2, 0.25) is 0 Å². The van der Waals surface area contributed by atoms with Crippen LogP contribution in [0.5, 0.6) is 11.5 Å². The SMILES string of the molecule is Cc1ccccc1CN1CCCC1C(=O)Nc1ccccc1Oc1cccnc1. The van der Waals surface area contributed by atoms with Crippen molar-refractivity contribution in [1.82, 2.24) is 9.88 Å². The number of nitrogens with zero attached hydrogens (tertiary/aromatic N) is 2. The maximum atomic E-state index is 13.1. The summed E-state index contributed by atoms with van der Waals surface area (Å²) in [6.07, 6.45) is 5.24. The lowest BCUT2D eigenvalue weighted by Crippen LogP contribution is -2.39. The van der Waals surface area contributed by atoms with Crippen LogP contribution in [0.4, 0.5) is 5.69 Å². The largest absolute Gasteiger partial charge is 0.454 e. The van der Waals surface area contributed by atoms with E-state index < -0.39 is 0 Å². The Balaban J connectivity index is 1.47. The molecular formula is C24H25N3O2. The zero-order chi connectivity index (χ0) is 20.1. The lowest BCUT2D eigenvalue weighted by Gasteiger charge is -2.25. The number of hydrogen-bond donors (Lipinski definition) is 1. The Morgan fingerprint density at radius 3 is 2.79 bits per heavy atom. The van der Waals surface area contributed by atoms with Gasteiger partial charge in [-0.3, -0.25) is 14.7 Å². The van der Waals surface area contributed by atoms with Crippen LogP contribution in [0.25, 0.3) is 0 Å². The molecule has 4 rings (SSSR count). The molecule has 1 amide bonds. The first-order valence-corrected chi connectivity index (χ1v) is 9.97. The number of likely N-dealkylation sites (tertiary alicyclic amines) is 1. The fourth-order valence-electron chi connectivity index (χ4n) is 3.73. The standard InChI is InChI=1S/C24H25N3O2/c1-18-8-2-3-9-19(18)17-27-15-7-12-22(27)24(28)26-21-11-4-5-13-23(21)29-20-10-6-14-25-16-20/h2-6,8-11,13-14,16,22H,7,12,15,17H2,1H3,(H,26,28). The highest BCUT2D eigenvalue weighted by molar-refractivity contribution is 5.96. The maximum Gasteiger partial charge on any atom is 0.241 e. The molecule has 0 aliphatic carbocycles. The molecule has 5 nitrogen and oxygen atoms in total. The number of aryl methyl sites for hydroxylation is 1. The summed E-state index contributed by atoms with van der Waals surface area (Å²) in [5.41, 5.74) is 3.20. The van der Waals surface area contributed by atoms with Crippen LogP contribution in [0.15, 0.2) is 73.1 Å². The number of carbonyl (C=O) groups excluding carboxylic acids is 1. The highest BCUT2D eigenvalue weighted by Crippen LogP contribution is 2.30. The smallest absolute Gasteiger partial charge is 0.241 e. The van der Waals surface area contributed by atoms with Crippen molar-refractivity contribution in [3.05, 3.63) is 84.2 Å². The van der Waals surface area contributed by atoms with Gasteiger partial charge in [0.25, 0.3) is 0 Å². The van der Waals surface area contributed by atoms with Crippen molar-refractivity contribution in [2.24, 2.45) is 0 Å². The number of pyridine rings is 1. The normalized spacial score (nSPS) is 16.5. The lowest BCUT2D eigenvalue weighted by molar-refractivity contribution is -0.120. The number of carbonyl (C=O) groups is 1. The van der Waals surface area contributed by atoms with Crippen molar-refractivity contribution in [1.29, 1.82) is 0 Å². The number of aromatic nitrogens is 1. The lowest BCUT2D eigenvalue weighted by atomic mass is 10.1. The molecule has 0 spiro atoms. The van der Waals surface area contributed by atoms with E-state index in [1.165, 1.54) is 11.1 Å². The fraction of sp³-hybridized carbons (Fsp3) is 0.250. The first kappa shape index (κ1) is 19.2. The Labute approximate surface area is 171 Å². The Kier molecular flexibility index (Phi) is 5.86. The summed E-state index contributed by atoms with van der Waals surface area (Å²) in [6.45, 7) is 3.84. The second-order valence-electron chi connectivity index (χ2n) is 7.33. The Morgan fingerprint density at radius 1 is 1.14 bits per heavy atom. The number of nitrogens with one attached hydrogen (secondary N) is 1. The second-order valence-corrected chi connectivity index (χ2v) is 7.33. The third kappa shape index (κ3) is 4.63. The van der Waals surface area contributed by atoms with Crippen LogP contribution < -0.4 is 10.1 Å². The van der Waals surface area contributed by atoms with E-state index in [-0.39, 0.29) is 11.9 Å². The molecule has 148 valence electrons. The first-order chi connectivity index (χ1) is 14.2. The predicted octanol–water partition coefficient (Wildman–Crippen LogP) is 4.79. The van der Waals surface area contributed by atoms with Crippen molar-refractivity contribution in [2.45, 2.75) is 32.4 Å². The van der Waals surface area contributed by atoms with E-state index in [0.29, 0.717) is 17.2 Å². The third-order valence-corrected chi connectivity index (χ3v) is 5.31. The van der Waals surface area contributed by atoms with Gasteiger partial charge < -0.3 is 10.1 Å². The summed E-state index contributed by atoms with van der Waals surface area (Å²) in [5, 5.41) is 3.08. The average Bonchev–Trinajstić information content (AvgIpc) is 3.20. The van der Waals surface area contributed by atoms with E-state index in [1.54, 1.807) is 12.4 Å². The van der Waals surface area contributed by atoms with Crippen LogP contribution in [0, 0.1) is 6.92 Å². The van der Waals surface area contributed by atoms with Gasteiger partial charge in [-0.2, -0.15) is 0 Å². The molecular weight excluding hydrogens is 362 g/mol. The topological polar surface area (TPSA) is 54.5 Å². The van der Waals surface area contributed by atoms with E-state index in [0.717, 1.165) is 25.9 Å². The molecule has 5 heteroatoms. The molecule has 3 aromatic rings. The Bertz CT molecular complexity index is 975. The van der Waals surface area contributed by atoms with E-state index in [1.807, 2.05) is 42.5 Å². The van der Waals surface area contributed by atoms with E-state index in [9.17, 15) is 4.79 Å². The van der Waals surface area contributed by atoms with Gasteiger partial charge in [0.05, 0.1) is 17.9 Å². The van der Waals surface area contributed by atoms with Gasteiger partial charge in [0.1, 0.15) is 5.75 Å². The molecule has 1 atom stereocenters.